The summed E-state index contributed by atoms with van der Waals surface area (Å²) in [5.74, 6) is -0.340. The van der Waals surface area contributed by atoms with Crippen molar-refractivity contribution >= 4 is 59.8 Å². The Kier molecular flexibility index (Phi) is 8.85. The molecule has 0 aromatic heterocycles. The van der Waals surface area contributed by atoms with Crippen molar-refractivity contribution in [3.8, 4) is 11.5 Å². The number of carbonyl (C=O) groups excluding carboxylic acids is 1. The van der Waals surface area contributed by atoms with Crippen LogP contribution >= 0.6 is 42.8 Å². The fourth-order valence-electron chi connectivity index (χ4n) is 2.41. The molecule has 0 aliphatic heterocycles. The molecule has 0 aliphatic rings. The van der Waals surface area contributed by atoms with E-state index in [1.807, 2.05) is 0 Å². The summed E-state index contributed by atoms with van der Waals surface area (Å²) in [5, 5.41) is 11.9. The van der Waals surface area contributed by atoms with Gasteiger partial charge in [-0.1, -0.05) is 46.3 Å². The zero-order valence-corrected chi connectivity index (χ0v) is 20.8. The van der Waals surface area contributed by atoms with Crippen LogP contribution in [0.1, 0.15) is 33.3 Å². The molecule has 2 rings (SSSR count). The molecule has 172 valence electrons. The number of carbonyl (C=O) groups is 1. The van der Waals surface area contributed by atoms with E-state index >= 15 is 0 Å². The minimum Gasteiger partial charge on any atom is -0.454 e. The van der Waals surface area contributed by atoms with Gasteiger partial charge in [0.15, 0.2) is 5.75 Å². The van der Waals surface area contributed by atoms with Gasteiger partial charge in [-0.25, -0.2) is 0 Å². The predicted molar refractivity (Wildman–Crippen MR) is 123 cm³/mol. The van der Waals surface area contributed by atoms with Gasteiger partial charge in [0.05, 0.1) is 20.4 Å². The monoisotopic (exact) mass is 522 g/mol. The third kappa shape index (κ3) is 6.53. The van der Waals surface area contributed by atoms with Gasteiger partial charge in [0.2, 0.25) is 6.79 Å². The molecule has 0 heterocycles. The maximum absolute atomic E-state index is 12.7. The van der Waals surface area contributed by atoms with Crippen molar-refractivity contribution in [1.29, 1.82) is 0 Å². The largest absolute Gasteiger partial charge is 0.559 e. The third-order valence-corrected chi connectivity index (χ3v) is 5.95. The van der Waals surface area contributed by atoms with E-state index < -0.39 is 36.8 Å². The first-order valence-electron chi connectivity index (χ1n) is 9.26. The topological polar surface area (TPSA) is 105 Å². The number of halogens is 3. The number of nitro groups is 1. The molecular weight excluding hydrogens is 504 g/mol. The fraction of sp³-hybridized carbons (Fsp3) is 0.350. The summed E-state index contributed by atoms with van der Waals surface area (Å²) in [6, 6.07) is 5.31. The quantitative estimate of drug-likeness (QED) is 0.123. The fourth-order valence-corrected chi connectivity index (χ4v) is 4.15. The second-order valence-corrected chi connectivity index (χ2v) is 10.1. The molecule has 0 fully saturated rings. The third-order valence-electron chi connectivity index (χ3n) is 4.08. The van der Waals surface area contributed by atoms with Crippen molar-refractivity contribution in [3.05, 3.63) is 55.0 Å². The standard InChI is InChI=1S/C20H20Cl3NO7P/c1-5-11-6-15(24(26)27)17(32(28)30-10-29-19(25)20(2,3)4)9-16(11)31-18-13(22)7-12(21)8-14(18)23/h6-9H,5,10H2,1-4H3/q+1. The van der Waals surface area contributed by atoms with E-state index in [0.717, 1.165) is 0 Å². The van der Waals surface area contributed by atoms with E-state index in [-0.39, 0.29) is 26.8 Å². The van der Waals surface area contributed by atoms with E-state index in [1.54, 1.807) is 27.7 Å². The zero-order valence-electron chi connectivity index (χ0n) is 17.6. The molecular formula is C20H20Cl3NO7P+. The Bertz CT molecular complexity index is 1050. The Morgan fingerprint density at radius 2 is 1.72 bits per heavy atom. The van der Waals surface area contributed by atoms with E-state index in [9.17, 15) is 19.5 Å². The minimum atomic E-state index is -2.76. The summed E-state index contributed by atoms with van der Waals surface area (Å²) >= 11 is 18.2. The van der Waals surface area contributed by atoms with Crippen molar-refractivity contribution in [2.45, 2.75) is 34.1 Å². The lowest BCUT2D eigenvalue weighted by Gasteiger charge is -2.14. The molecule has 0 spiro atoms. The maximum Gasteiger partial charge on any atom is 0.559 e. The molecule has 2 aromatic carbocycles. The van der Waals surface area contributed by atoms with Gasteiger partial charge in [0.1, 0.15) is 5.75 Å². The Hall–Kier alpha value is -1.96. The summed E-state index contributed by atoms with van der Waals surface area (Å²) in [7, 11) is -2.76. The number of rotatable bonds is 8. The molecule has 0 saturated heterocycles. The van der Waals surface area contributed by atoms with Crippen molar-refractivity contribution in [3.63, 3.8) is 0 Å². The van der Waals surface area contributed by atoms with E-state index in [0.29, 0.717) is 17.0 Å². The van der Waals surface area contributed by atoms with Crippen LogP contribution in [0.25, 0.3) is 0 Å². The Morgan fingerprint density at radius 3 is 2.22 bits per heavy atom. The predicted octanol–water partition coefficient (Wildman–Crippen LogP) is 6.84. The van der Waals surface area contributed by atoms with Crippen molar-refractivity contribution in [2.75, 3.05) is 6.79 Å². The number of hydrogen-bond acceptors (Lipinski definition) is 7. The highest BCUT2D eigenvalue weighted by atomic mass is 35.5. The molecule has 1 atom stereocenters. The SMILES string of the molecule is CCc1cc([N+](=O)[O-])c([P+](=O)OCOC(=O)C(C)(C)C)cc1Oc1c(Cl)cc(Cl)cc1Cl. The summed E-state index contributed by atoms with van der Waals surface area (Å²) in [6.45, 7) is 6.04. The van der Waals surface area contributed by atoms with Gasteiger partial charge in [-0.15, -0.1) is 0 Å². The molecule has 0 aliphatic carbocycles. The molecule has 2 aromatic rings. The molecule has 0 bridgehead atoms. The van der Waals surface area contributed by atoms with Crippen LogP contribution in [0.15, 0.2) is 24.3 Å². The number of aryl methyl sites for hydroxylation is 1. The van der Waals surface area contributed by atoms with Crippen LogP contribution in [0, 0.1) is 15.5 Å². The van der Waals surface area contributed by atoms with Gasteiger partial charge in [-0.05, 0) is 43.9 Å². The minimum absolute atomic E-state index is 0.0856. The second-order valence-electron chi connectivity index (χ2n) is 7.55. The lowest BCUT2D eigenvalue weighted by atomic mass is 9.98. The van der Waals surface area contributed by atoms with Crippen LogP contribution in [0.4, 0.5) is 5.69 Å². The summed E-state index contributed by atoms with van der Waals surface area (Å²) in [5.41, 5.74) is -0.766. The zero-order chi connectivity index (χ0) is 24.2. The highest BCUT2D eigenvalue weighted by Crippen LogP contribution is 2.41. The van der Waals surface area contributed by atoms with Gasteiger partial charge in [-0.3, -0.25) is 14.9 Å². The highest BCUT2D eigenvalue weighted by molar-refractivity contribution is 7.48. The van der Waals surface area contributed by atoms with Gasteiger partial charge >= 0.3 is 25.0 Å². The second kappa shape index (κ2) is 10.8. The summed E-state index contributed by atoms with van der Waals surface area (Å²) in [4.78, 5) is 22.7. The van der Waals surface area contributed by atoms with Crippen LogP contribution in [0.3, 0.4) is 0 Å². The molecule has 1 unspecified atom stereocenters. The van der Waals surface area contributed by atoms with Gasteiger partial charge in [0, 0.05) is 22.7 Å². The first-order valence-corrected chi connectivity index (χ1v) is 11.6. The van der Waals surface area contributed by atoms with E-state index in [1.165, 1.54) is 24.3 Å². The molecule has 8 nitrogen and oxygen atoms in total. The Morgan fingerprint density at radius 1 is 1.12 bits per heavy atom. The van der Waals surface area contributed by atoms with Crippen LogP contribution in [0.5, 0.6) is 11.5 Å². The van der Waals surface area contributed by atoms with Crippen LogP contribution in [-0.4, -0.2) is 17.7 Å². The Balaban J connectivity index is 2.39. The number of ether oxygens (including phenoxy) is 2. The first kappa shape index (κ1) is 26.3. The molecule has 12 heteroatoms. The molecule has 0 saturated carbocycles. The number of benzene rings is 2. The lowest BCUT2D eigenvalue weighted by Crippen LogP contribution is -2.23. The van der Waals surface area contributed by atoms with E-state index in [2.05, 4.69) is 0 Å². The van der Waals surface area contributed by atoms with Crippen LogP contribution in [0.2, 0.25) is 15.1 Å². The smallest absolute Gasteiger partial charge is 0.454 e. The van der Waals surface area contributed by atoms with Crippen LogP contribution in [-0.2, 0) is 25.0 Å². The molecule has 0 radical (unpaired) electrons. The maximum atomic E-state index is 12.7. The summed E-state index contributed by atoms with van der Waals surface area (Å²) < 4.78 is 28.5. The van der Waals surface area contributed by atoms with Crippen molar-refractivity contribution in [1.82, 2.24) is 0 Å². The highest BCUT2D eigenvalue weighted by Gasteiger charge is 2.36. The van der Waals surface area contributed by atoms with Crippen molar-refractivity contribution in [2.24, 2.45) is 5.41 Å². The number of hydrogen-bond donors (Lipinski definition) is 0. The van der Waals surface area contributed by atoms with Gasteiger partial charge in [-0.2, -0.15) is 0 Å². The van der Waals surface area contributed by atoms with Gasteiger partial charge < -0.3 is 9.47 Å². The van der Waals surface area contributed by atoms with Crippen molar-refractivity contribution < 1.29 is 28.3 Å². The van der Waals surface area contributed by atoms with Crippen LogP contribution < -0.4 is 10.0 Å². The normalized spacial score (nSPS) is 11.8. The molecule has 32 heavy (non-hydrogen) atoms. The Labute approximate surface area is 200 Å². The van der Waals surface area contributed by atoms with E-state index in [4.69, 9.17) is 48.8 Å². The first-order chi connectivity index (χ1) is 14.8. The lowest BCUT2D eigenvalue weighted by molar-refractivity contribution is -0.383. The summed E-state index contributed by atoms with van der Waals surface area (Å²) in [6.07, 6.45) is 0.361. The average molecular weight is 524 g/mol. The number of esters is 1. The number of nitro benzene ring substituents is 1. The van der Waals surface area contributed by atoms with Gasteiger partial charge in [0.25, 0.3) is 0 Å². The average Bonchev–Trinajstić information content (AvgIpc) is 2.68. The molecule has 0 amide bonds. The number of nitrogens with zero attached hydrogens (tertiary/aromatic N) is 1. The molecule has 0 N–H and O–H groups in total.